The Kier molecular flexibility index (Phi) is 3.49. The predicted molar refractivity (Wildman–Crippen MR) is 43.2 cm³/mol. The lowest BCUT2D eigenvalue weighted by Crippen LogP contribution is -2.42. The van der Waals surface area contributed by atoms with Crippen molar-refractivity contribution in [2.24, 2.45) is 0 Å². The van der Waals surface area contributed by atoms with E-state index in [0.717, 1.165) is 25.7 Å². The molecule has 1 aliphatic carbocycles. The molecule has 1 rings (SSSR count). The average molecular weight is 173 g/mol. The van der Waals surface area contributed by atoms with Crippen LogP contribution in [0.1, 0.15) is 32.1 Å². The molecule has 0 atom stereocenters. The highest BCUT2D eigenvalue weighted by atomic mass is 16.5. The minimum absolute atomic E-state index is 0.146. The number of rotatable bonds is 2. The lowest BCUT2D eigenvalue weighted by Gasteiger charge is -2.22. The van der Waals surface area contributed by atoms with E-state index >= 15 is 0 Å². The van der Waals surface area contributed by atoms with E-state index in [0.29, 0.717) is 0 Å². The Morgan fingerprint density at radius 3 is 2.33 bits per heavy atom. The van der Waals surface area contributed by atoms with Crippen molar-refractivity contribution in [3.8, 4) is 0 Å². The lowest BCUT2D eigenvalue weighted by molar-refractivity contribution is -0.148. The van der Waals surface area contributed by atoms with Crippen molar-refractivity contribution in [3.63, 3.8) is 0 Å². The van der Waals surface area contributed by atoms with E-state index in [9.17, 15) is 4.79 Å². The topological polar surface area (TPSA) is 69.6 Å². The second-order valence-electron chi connectivity index (χ2n) is 3.22. The fraction of sp³-hybridized carbons (Fsp3) is 0.875. The first-order chi connectivity index (χ1) is 5.70. The molecule has 0 radical (unpaired) electrons. The van der Waals surface area contributed by atoms with Gasteiger partial charge in [-0.3, -0.25) is 4.79 Å². The minimum atomic E-state index is -1.87. The third-order valence-corrected chi connectivity index (χ3v) is 2.19. The number of hydrogen-bond donors (Lipinski definition) is 3. The SMILES string of the molecule is O=C(NC1CCCCC1)C(O)O. The van der Waals surface area contributed by atoms with Gasteiger partial charge in [-0.05, 0) is 12.8 Å². The Hall–Kier alpha value is -0.610. The molecule has 0 spiro atoms. The maximum atomic E-state index is 10.8. The molecule has 0 aromatic heterocycles. The van der Waals surface area contributed by atoms with Crippen LogP contribution in [0.4, 0.5) is 0 Å². The van der Waals surface area contributed by atoms with Crippen LogP contribution in [-0.4, -0.2) is 28.5 Å². The van der Waals surface area contributed by atoms with Gasteiger partial charge in [0.15, 0.2) is 0 Å². The zero-order valence-electron chi connectivity index (χ0n) is 6.99. The third-order valence-electron chi connectivity index (χ3n) is 2.19. The van der Waals surface area contributed by atoms with Crippen LogP contribution in [0.5, 0.6) is 0 Å². The normalized spacial score (nSPS) is 19.6. The van der Waals surface area contributed by atoms with Gasteiger partial charge in [0.05, 0.1) is 0 Å². The van der Waals surface area contributed by atoms with Crippen LogP contribution in [0, 0.1) is 0 Å². The fourth-order valence-corrected chi connectivity index (χ4v) is 1.52. The summed E-state index contributed by atoms with van der Waals surface area (Å²) in [7, 11) is 0. The summed E-state index contributed by atoms with van der Waals surface area (Å²) in [5.41, 5.74) is 0. The van der Waals surface area contributed by atoms with E-state index in [1.165, 1.54) is 6.42 Å². The predicted octanol–water partition coefficient (Wildman–Crippen LogP) is -0.254. The Morgan fingerprint density at radius 2 is 1.83 bits per heavy atom. The number of carbonyl (C=O) groups excluding carboxylic acids is 1. The molecule has 1 amide bonds. The molecule has 4 heteroatoms. The van der Waals surface area contributed by atoms with Gasteiger partial charge in [-0.2, -0.15) is 0 Å². The van der Waals surface area contributed by atoms with Gasteiger partial charge < -0.3 is 15.5 Å². The standard InChI is InChI=1S/C8H15NO3/c10-7(8(11)12)9-6-4-2-1-3-5-6/h6,8,11-12H,1-5H2,(H,9,10). The molecule has 0 aromatic carbocycles. The van der Waals surface area contributed by atoms with Gasteiger partial charge >= 0.3 is 0 Å². The van der Waals surface area contributed by atoms with E-state index in [4.69, 9.17) is 10.2 Å². The quantitative estimate of drug-likeness (QED) is 0.504. The van der Waals surface area contributed by atoms with E-state index < -0.39 is 12.2 Å². The van der Waals surface area contributed by atoms with Crippen molar-refractivity contribution in [2.75, 3.05) is 0 Å². The van der Waals surface area contributed by atoms with E-state index in [1.807, 2.05) is 0 Å². The Bertz CT molecular complexity index is 152. The van der Waals surface area contributed by atoms with Crippen molar-refractivity contribution >= 4 is 5.91 Å². The summed E-state index contributed by atoms with van der Waals surface area (Å²) in [5.74, 6) is -0.679. The van der Waals surface area contributed by atoms with Crippen LogP contribution in [-0.2, 0) is 4.79 Å². The summed E-state index contributed by atoms with van der Waals surface area (Å²) in [4.78, 5) is 10.8. The summed E-state index contributed by atoms with van der Waals surface area (Å²) in [6.07, 6.45) is 3.50. The van der Waals surface area contributed by atoms with Gasteiger partial charge in [-0.15, -0.1) is 0 Å². The molecule has 0 bridgehead atoms. The molecule has 0 saturated heterocycles. The van der Waals surface area contributed by atoms with Crippen molar-refractivity contribution in [1.82, 2.24) is 5.32 Å². The maximum Gasteiger partial charge on any atom is 0.276 e. The number of carbonyl (C=O) groups is 1. The minimum Gasteiger partial charge on any atom is -0.361 e. The Balaban J connectivity index is 2.24. The first kappa shape index (κ1) is 9.48. The number of hydrogen-bond acceptors (Lipinski definition) is 3. The Morgan fingerprint density at radius 1 is 1.25 bits per heavy atom. The fourth-order valence-electron chi connectivity index (χ4n) is 1.52. The van der Waals surface area contributed by atoms with E-state index in [-0.39, 0.29) is 6.04 Å². The molecule has 0 aliphatic heterocycles. The zero-order valence-corrected chi connectivity index (χ0v) is 6.99. The molecule has 1 fully saturated rings. The highest BCUT2D eigenvalue weighted by Gasteiger charge is 2.18. The van der Waals surface area contributed by atoms with E-state index in [2.05, 4.69) is 5.32 Å². The summed E-state index contributed by atoms with van der Waals surface area (Å²) in [5, 5.41) is 19.6. The van der Waals surface area contributed by atoms with Crippen LogP contribution in [0.3, 0.4) is 0 Å². The zero-order chi connectivity index (χ0) is 8.97. The van der Waals surface area contributed by atoms with Crippen LogP contribution in [0.25, 0.3) is 0 Å². The first-order valence-corrected chi connectivity index (χ1v) is 4.36. The van der Waals surface area contributed by atoms with Crippen LogP contribution >= 0.6 is 0 Å². The molecule has 1 saturated carbocycles. The van der Waals surface area contributed by atoms with Crippen LogP contribution in [0.15, 0.2) is 0 Å². The van der Waals surface area contributed by atoms with Gasteiger partial charge in [-0.25, -0.2) is 0 Å². The highest BCUT2D eigenvalue weighted by molar-refractivity contribution is 5.79. The van der Waals surface area contributed by atoms with Gasteiger partial charge in [-0.1, -0.05) is 19.3 Å². The molecule has 1 aliphatic rings. The highest BCUT2D eigenvalue weighted by Crippen LogP contribution is 2.17. The van der Waals surface area contributed by atoms with Gasteiger partial charge in [0.1, 0.15) is 0 Å². The monoisotopic (exact) mass is 173 g/mol. The molecule has 70 valence electrons. The molecule has 0 heterocycles. The lowest BCUT2D eigenvalue weighted by atomic mass is 9.95. The summed E-state index contributed by atoms with van der Waals surface area (Å²) in [6.45, 7) is 0. The molecule has 12 heavy (non-hydrogen) atoms. The van der Waals surface area contributed by atoms with Crippen molar-refractivity contribution in [2.45, 2.75) is 44.4 Å². The molecular formula is C8H15NO3. The van der Waals surface area contributed by atoms with Gasteiger partial charge in [0.2, 0.25) is 6.29 Å². The van der Waals surface area contributed by atoms with Crippen molar-refractivity contribution < 1.29 is 15.0 Å². The molecule has 0 unspecified atom stereocenters. The second kappa shape index (κ2) is 4.42. The average Bonchev–Trinajstić information content (AvgIpc) is 2.06. The number of amides is 1. The number of aliphatic hydroxyl groups excluding tert-OH is 1. The van der Waals surface area contributed by atoms with Gasteiger partial charge in [0.25, 0.3) is 5.91 Å². The summed E-state index contributed by atoms with van der Waals surface area (Å²) in [6, 6.07) is 0.146. The van der Waals surface area contributed by atoms with Gasteiger partial charge in [0, 0.05) is 6.04 Å². The molecular weight excluding hydrogens is 158 g/mol. The largest absolute Gasteiger partial charge is 0.361 e. The second-order valence-corrected chi connectivity index (χ2v) is 3.22. The van der Waals surface area contributed by atoms with Crippen LogP contribution in [0.2, 0.25) is 0 Å². The molecule has 0 aromatic rings. The molecule has 3 N–H and O–H groups in total. The smallest absolute Gasteiger partial charge is 0.276 e. The number of aliphatic hydroxyl groups is 2. The first-order valence-electron chi connectivity index (χ1n) is 4.36. The third kappa shape index (κ3) is 2.79. The summed E-state index contributed by atoms with van der Waals surface area (Å²) >= 11 is 0. The summed E-state index contributed by atoms with van der Waals surface area (Å²) < 4.78 is 0. The van der Waals surface area contributed by atoms with Crippen LogP contribution < -0.4 is 5.32 Å². The van der Waals surface area contributed by atoms with Crippen molar-refractivity contribution in [3.05, 3.63) is 0 Å². The van der Waals surface area contributed by atoms with Crippen molar-refractivity contribution in [1.29, 1.82) is 0 Å². The molecule has 4 nitrogen and oxygen atoms in total. The maximum absolute atomic E-state index is 10.8. The Labute approximate surface area is 71.6 Å². The number of nitrogens with one attached hydrogen (secondary N) is 1. The van der Waals surface area contributed by atoms with E-state index in [1.54, 1.807) is 0 Å².